The van der Waals surface area contributed by atoms with Crippen LogP contribution in [0.15, 0.2) is 65.5 Å². The number of carbonyl (C=O) groups is 2. The summed E-state index contributed by atoms with van der Waals surface area (Å²) in [7, 11) is 1.56. The van der Waals surface area contributed by atoms with Crippen molar-refractivity contribution in [3.63, 3.8) is 0 Å². The highest BCUT2D eigenvalue weighted by molar-refractivity contribution is 6.02. The van der Waals surface area contributed by atoms with Crippen LogP contribution in [0.3, 0.4) is 0 Å². The topological polar surface area (TPSA) is 93.5 Å². The Morgan fingerprint density at radius 3 is 2.61 bits per heavy atom. The molecule has 2 heterocycles. The van der Waals surface area contributed by atoms with E-state index in [0.29, 0.717) is 18.0 Å². The second-order valence-corrected chi connectivity index (χ2v) is 7.17. The van der Waals surface area contributed by atoms with E-state index in [2.05, 4.69) is 10.4 Å². The fourth-order valence-corrected chi connectivity index (χ4v) is 3.56. The van der Waals surface area contributed by atoms with Crippen LogP contribution in [-0.4, -0.2) is 35.2 Å². The van der Waals surface area contributed by atoms with Crippen molar-refractivity contribution in [2.24, 2.45) is 0 Å². The molecule has 0 atom stereocenters. The molecule has 1 aliphatic rings. The number of hydrogen-bond acceptors (Lipinski definition) is 5. The molecule has 8 heteroatoms. The highest BCUT2D eigenvalue weighted by Gasteiger charge is 2.23. The minimum Gasteiger partial charge on any atom is -0.497 e. The van der Waals surface area contributed by atoms with Gasteiger partial charge in [0.1, 0.15) is 18.0 Å². The lowest BCUT2D eigenvalue weighted by Crippen LogP contribution is -2.40. The summed E-state index contributed by atoms with van der Waals surface area (Å²) in [5, 5.41) is 6.83. The van der Waals surface area contributed by atoms with Crippen molar-refractivity contribution in [2.75, 3.05) is 23.9 Å². The number of amides is 2. The lowest BCUT2D eigenvalue weighted by molar-refractivity contribution is -0.119. The summed E-state index contributed by atoms with van der Waals surface area (Å²) in [6.07, 6.45) is 1.77. The van der Waals surface area contributed by atoms with Crippen molar-refractivity contribution in [1.29, 1.82) is 0 Å². The molecule has 1 aromatic heterocycles. The van der Waals surface area contributed by atoms with Crippen LogP contribution in [0.4, 0.5) is 11.4 Å². The summed E-state index contributed by atoms with van der Waals surface area (Å²) >= 11 is 0. The smallest absolute Gasteiger partial charge is 0.276 e. The molecule has 0 spiro atoms. The number of rotatable bonds is 5. The number of para-hydroxylation sites is 1. The van der Waals surface area contributed by atoms with E-state index in [9.17, 15) is 14.4 Å². The van der Waals surface area contributed by atoms with Gasteiger partial charge in [-0.25, -0.2) is 4.68 Å². The van der Waals surface area contributed by atoms with Gasteiger partial charge in [-0.1, -0.05) is 18.2 Å². The molecule has 0 bridgehead atoms. The van der Waals surface area contributed by atoms with Crippen LogP contribution < -0.4 is 20.5 Å². The molecule has 0 saturated heterocycles. The number of methoxy groups -OCH3 is 1. The Bertz CT molecular complexity index is 1170. The minimum absolute atomic E-state index is 0.0438. The number of ether oxygens (including phenoxy) is 1. The van der Waals surface area contributed by atoms with Crippen molar-refractivity contribution in [1.82, 2.24) is 9.78 Å². The highest BCUT2D eigenvalue weighted by atomic mass is 16.5. The summed E-state index contributed by atoms with van der Waals surface area (Å²) in [6.45, 7) is 0.346. The first-order valence-corrected chi connectivity index (χ1v) is 9.97. The maximum Gasteiger partial charge on any atom is 0.276 e. The van der Waals surface area contributed by atoms with Gasteiger partial charge in [-0.15, -0.1) is 0 Å². The monoisotopic (exact) mass is 418 g/mol. The molecule has 158 valence electrons. The first-order chi connectivity index (χ1) is 15.0. The van der Waals surface area contributed by atoms with Gasteiger partial charge < -0.3 is 15.0 Å². The molecule has 2 aromatic carbocycles. The molecule has 4 rings (SSSR count). The molecule has 0 unspecified atom stereocenters. The molecule has 1 aliphatic heterocycles. The SMILES string of the molecule is COc1ccc(NC(=O)c2ccc(=O)n(CC(=O)N3CCCc4ccccc43)n2)cc1. The van der Waals surface area contributed by atoms with E-state index >= 15 is 0 Å². The van der Waals surface area contributed by atoms with Gasteiger partial charge >= 0.3 is 0 Å². The Balaban J connectivity index is 1.51. The van der Waals surface area contributed by atoms with Gasteiger partial charge in [-0.3, -0.25) is 14.4 Å². The first-order valence-electron chi connectivity index (χ1n) is 9.97. The Hall–Kier alpha value is -3.94. The number of aryl methyl sites for hydroxylation is 1. The van der Waals surface area contributed by atoms with Crippen LogP contribution in [0.5, 0.6) is 5.75 Å². The second kappa shape index (κ2) is 8.83. The Kier molecular flexibility index (Phi) is 5.79. The lowest BCUT2D eigenvalue weighted by atomic mass is 10.0. The van der Waals surface area contributed by atoms with Gasteiger partial charge in [-0.05, 0) is 54.8 Å². The van der Waals surface area contributed by atoms with E-state index in [1.807, 2.05) is 24.3 Å². The van der Waals surface area contributed by atoms with E-state index in [1.54, 1.807) is 36.3 Å². The van der Waals surface area contributed by atoms with Crippen molar-refractivity contribution >= 4 is 23.2 Å². The summed E-state index contributed by atoms with van der Waals surface area (Å²) < 4.78 is 6.13. The van der Waals surface area contributed by atoms with Crippen molar-refractivity contribution in [3.8, 4) is 5.75 Å². The van der Waals surface area contributed by atoms with E-state index in [4.69, 9.17) is 4.74 Å². The van der Waals surface area contributed by atoms with E-state index < -0.39 is 11.5 Å². The lowest BCUT2D eigenvalue weighted by Gasteiger charge is -2.29. The normalized spacial score (nSPS) is 12.7. The number of nitrogens with one attached hydrogen (secondary N) is 1. The number of nitrogens with zero attached hydrogens (tertiary/aromatic N) is 3. The van der Waals surface area contributed by atoms with Crippen LogP contribution in [0.25, 0.3) is 0 Å². The third-order valence-corrected chi connectivity index (χ3v) is 5.14. The van der Waals surface area contributed by atoms with Gasteiger partial charge in [0, 0.05) is 24.0 Å². The van der Waals surface area contributed by atoms with Crippen LogP contribution in [0, 0.1) is 0 Å². The molecule has 3 aromatic rings. The largest absolute Gasteiger partial charge is 0.497 e. The van der Waals surface area contributed by atoms with Crippen LogP contribution in [0.2, 0.25) is 0 Å². The summed E-state index contributed by atoms with van der Waals surface area (Å²) in [6, 6.07) is 17.2. The number of hydrogen-bond donors (Lipinski definition) is 1. The minimum atomic E-state index is -0.477. The predicted octanol–water partition coefficient (Wildman–Crippen LogP) is 2.48. The van der Waals surface area contributed by atoms with E-state index in [1.165, 1.54) is 12.1 Å². The second-order valence-electron chi connectivity index (χ2n) is 7.17. The zero-order valence-corrected chi connectivity index (χ0v) is 17.1. The molecule has 0 aliphatic carbocycles. The summed E-state index contributed by atoms with van der Waals surface area (Å²) in [5.41, 5.74) is 2.13. The van der Waals surface area contributed by atoms with Crippen LogP contribution in [-0.2, 0) is 17.8 Å². The fraction of sp³-hybridized carbons (Fsp3) is 0.217. The maximum atomic E-state index is 12.9. The summed E-state index contributed by atoms with van der Waals surface area (Å²) in [4.78, 5) is 39.4. The average molecular weight is 418 g/mol. The maximum absolute atomic E-state index is 12.9. The molecule has 0 saturated carbocycles. The zero-order chi connectivity index (χ0) is 21.8. The Morgan fingerprint density at radius 2 is 1.84 bits per heavy atom. The number of benzene rings is 2. The first kappa shape index (κ1) is 20.3. The Labute approximate surface area is 179 Å². The van der Waals surface area contributed by atoms with Gasteiger partial charge in [0.05, 0.1) is 7.11 Å². The molecular weight excluding hydrogens is 396 g/mol. The average Bonchev–Trinajstić information content (AvgIpc) is 2.80. The molecule has 8 nitrogen and oxygen atoms in total. The quantitative estimate of drug-likeness (QED) is 0.687. The number of carbonyl (C=O) groups excluding carboxylic acids is 2. The van der Waals surface area contributed by atoms with Crippen molar-refractivity contribution < 1.29 is 14.3 Å². The van der Waals surface area contributed by atoms with Crippen LogP contribution in [0.1, 0.15) is 22.5 Å². The number of aromatic nitrogens is 2. The molecule has 2 amide bonds. The fourth-order valence-electron chi connectivity index (χ4n) is 3.56. The molecule has 0 fully saturated rings. The van der Waals surface area contributed by atoms with Gasteiger partial charge in [0.2, 0.25) is 5.91 Å². The number of anilines is 2. The van der Waals surface area contributed by atoms with Crippen molar-refractivity contribution in [2.45, 2.75) is 19.4 Å². The Morgan fingerprint density at radius 1 is 1.06 bits per heavy atom. The molecule has 0 radical (unpaired) electrons. The standard InChI is InChI=1S/C23H22N4O4/c1-31-18-10-8-17(9-11-18)24-23(30)19-12-13-21(28)27(25-19)15-22(29)26-14-4-6-16-5-2-3-7-20(16)26/h2-3,5,7-13H,4,6,14-15H2,1H3,(H,24,30). The third-order valence-electron chi connectivity index (χ3n) is 5.14. The molecule has 31 heavy (non-hydrogen) atoms. The van der Waals surface area contributed by atoms with Gasteiger partial charge in [0.25, 0.3) is 11.5 Å². The van der Waals surface area contributed by atoms with E-state index in [0.717, 1.165) is 28.8 Å². The predicted molar refractivity (Wildman–Crippen MR) is 117 cm³/mol. The van der Waals surface area contributed by atoms with Crippen LogP contribution >= 0.6 is 0 Å². The van der Waals surface area contributed by atoms with E-state index in [-0.39, 0.29) is 18.1 Å². The molecular formula is C23H22N4O4. The zero-order valence-electron chi connectivity index (χ0n) is 17.1. The third kappa shape index (κ3) is 4.48. The molecule has 1 N–H and O–H groups in total. The van der Waals surface area contributed by atoms with Gasteiger partial charge in [-0.2, -0.15) is 5.10 Å². The van der Waals surface area contributed by atoms with Gasteiger partial charge in [0.15, 0.2) is 0 Å². The highest BCUT2D eigenvalue weighted by Crippen LogP contribution is 2.26. The summed E-state index contributed by atoms with van der Waals surface area (Å²) in [5.74, 6) is -0.0494. The van der Waals surface area contributed by atoms with Crippen molar-refractivity contribution in [3.05, 3.63) is 82.3 Å². The number of fused-ring (bicyclic) bond motifs is 1.